The van der Waals surface area contributed by atoms with Crippen molar-refractivity contribution < 1.29 is 9.50 Å². The molecule has 0 radical (unpaired) electrons. The number of aromatic nitrogens is 1. The van der Waals surface area contributed by atoms with Gasteiger partial charge in [0.1, 0.15) is 0 Å². The van der Waals surface area contributed by atoms with Crippen molar-refractivity contribution in [3.05, 3.63) is 28.2 Å². The molecule has 0 amide bonds. The lowest BCUT2D eigenvalue weighted by atomic mass is 10.00. The van der Waals surface area contributed by atoms with Crippen molar-refractivity contribution in [3.63, 3.8) is 0 Å². The number of nitrogens with zero attached hydrogens (tertiary/aromatic N) is 1. The minimum atomic E-state index is -0.913. The lowest BCUT2D eigenvalue weighted by molar-refractivity contribution is 0.0798. The summed E-state index contributed by atoms with van der Waals surface area (Å²) in [6.07, 6.45) is 1.65. The number of pyridine rings is 1. The van der Waals surface area contributed by atoms with Crippen LogP contribution in [-0.2, 0) is 6.42 Å². The highest BCUT2D eigenvalue weighted by Gasteiger charge is 2.16. The van der Waals surface area contributed by atoms with Crippen LogP contribution in [0.2, 0.25) is 0 Å². The summed E-state index contributed by atoms with van der Waals surface area (Å²) in [6, 6.07) is 1.63. The van der Waals surface area contributed by atoms with Crippen LogP contribution in [0.4, 0.5) is 4.39 Å². The van der Waals surface area contributed by atoms with E-state index in [0.717, 1.165) is 0 Å². The average molecular weight is 248 g/mol. The van der Waals surface area contributed by atoms with Crippen LogP contribution in [0.3, 0.4) is 0 Å². The van der Waals surface area contributed by atoms with Crippen LogP contribution in [0.1, 0.15) is 19.4 Å². The van der Waals surface area contributed by atoms with E-state index in [-0.39, 0.29) is 6.42 Å². The first-order valence-corrected chi connectivity index (χ1v) is 4.70. The van der Waals surface area contributed by atoms with Gasteiger partial charge in [0.2, 0.25) is 5.95 Å². The maximum Gasteiger partial charge on any atom is 0.216 e. The van der Waals surface area contributed by atoms with E-state index in [1.54, 1.807) is 19.9 Å². The zero-order valence-corrected chi connectivity index (χ0v) is 9.10. The molecule has 2 nitrogen and oxygen atoms in total. The van der Waals surface area contributed by atoms with Crippen molar-refractivity contribution in [2.45, 2.75) is 25.9 Å². The van der Waals surface area contributed by atoms with E-state index in [1.165, 1.54) is 6.20 Å². The van der Waals surface area contributed by atoms with Gasteiger partial charge in [-0.05, 0) is 35.8 Å². The first kappa shape index (κ1) is 10.6. The van der Waals surface area contributed by atoms with Crippen molar-refractivity contribution in [3.8, 4) is 0 Å². The number of halogens is 2. The van der Waals surface area contributed by atoms with E-state index in [0.29, 0.717) is 10.0 Å². The van der Waals surface area contributed by atoms with E-state index >= 15 is 0 Å². The molecule has 1 aromatic heterocycles. The van der Waals surface area contributed by atoms with Gasteiger partial charge in [-0.25, -0.2) is 4.98 Å². The average Bonchev–Trinajstić information content (AvgIpc) is 1.94. The van der Waals surface area contributed by atoms with Crippen LogP contribution in [0.15, 0.2) is 16.7 Å². The SMILES string of the molecule is CC(C)(O)Cc1cc(Br)cnc1F. The van der Waals surface area contributed by atoms with Gasteiger partial charge in [-0.2, -0.15) is 4.39 Å². The molecule has 0 aliphatic rings. The molecule has 0 unspecified atom stereocenters. The van der Waals surface area contributed by atoms with Gasteiger partial charge in [-0.1, -0.05) is 0 Å². The summed E-state index contributed by atoms with van der Waals surface area (Å²) in [5.74, 6) is -0.523. The molecule has 0 aliphatic carbocycles. The maximum absolute atomic E-state index is 13.1. The molecule has 0 spiro atoms. The Morgan fingerprint density at radius 3 is 2.77 bits per heavy atom. The first-order chi connectivity index (χ1) is 5.88. The Balaban J connectivity index is 2.94. The van der Waals surface area contributed by atoms with E-state index in [1.807, 2.05) is 0 Å². The van der Waals surface area contributed by atoms with Gasteiger partial charge in [0.05, 0.1) is 5.60 Å². The molecule has 13 heavy (non-hydrogen) atoms. The van der Waals surface area contributed by atoms with Crippen LogP contribution < -0.4 is 0 Å². The van der Waals surface area contributed by atoms with E-state index in [4.69, 9.17) is 0 Å². The van der Waals surface area contributed by atoms with Gasteiger partial charge >= 0.3 is 0 Å². The van der Waals surface area contributed by atoms with Crippen molar-refractivity contribution in [1.29, 1.82) is 0 Å². The van der Waals surface area contributed by atoms with Crippen LogP contribution >= 0.6 is 15.9 Å². The van der Waals surface area contributed by atoms with Crippen LogP contribution in [0.25, 0.3) is 0 Å². The molecule has 0 saturated carbocycles. The van der Waals surface area contributed by atoms with E-state index in [2.05, 4.69) is 20.9 Å². The minimum Gasteiger partial charge on any atom is -0.390 e. The second-order valence-electron chi connectivity index (χ2n) is 3.59. The lowest BCUT2D eigenvalue weighted by Gasteiger charge is -2.16. The third kappa shape index (κ3) is 3.40. The summed E-state index contributed by atoms with van der Waals surface area (Å²) in [4.78, 5) is 3.54. The fourth-order valence-corrected chi connectivity index (χ4v) is 1.43. The molecule has 1 rings (SSSR count). The summed E-state index contributed by atoms with van der Waals surface area (Å²) < 4.78 is 13.8. The monoisotopic (exact) mass is 247 g/mol. The highest BCUT2D eigenvalue weighted by molar-refractivity contribution is 9.10. The molecule has 4 heteroatoms. The van der Waals surface area contributed by atoms with Crippen LogP contribution in [0, 0.1) is 5.95 Å². The van der Waals surface area contributed by atoms with Crippen molar-refractivity contribution in [1.82, 2.24) is 4.98 Å². The molecule has 1 aromatic rings. The smallest absolute Gasteiger partial charge is 0.216 e. The highest BCUT2D eigenvalue weighted by atomic mass is 79.9. The van der Waals surface area contributed by atoms with Crippen molar-refractivity contribution in [2.24, 2.45) is 0 Å². The Labute approximate surface area is 84.9 Å². The van der Waals surface area contributed by atoms with E-state index < -0.39 is 11.5 Å². The number of hydrogen-bond acceptors (Lipinski definition) is 2. The lowest BCUT2D eigenvalue weighted by Crippen LogP contribution is -2.22. The van der Waals surface area contributed by atoms with Gasteiger partial charge in [-0.15, -0.1) is 0 Å². The quantitative estimate of drug-likeness (QED) is 0.814. The zero-order valence-electron chi connectivity index (χ0n) is 7.51. The summed E-state index contributed by atoms with van der Waals surface area (Å²) in [5.41, 5.74) is -0.495. The normalized spacial score (nSPS) is 11.8. The fraction of sp³-hybridized carbons (Fsp3) is 0.444. The zero-order chi connectivity index (χ0) is 10.1. The Morgan fingerprint density at radius 2 is 2.23 bits per heavy atom. The number of hydrogen-bond donors (Lipinski definition) is 1. The summed E-state index contributed by atoms with van der Waals surface area (Å²) >= 11 is 3.19. The molecular formula is C9H11BrFNO. The largest absolute Gasteiger partial charge is 0.390 e. The molecule has 0 saturated heterocycles. The molecule has 1 heterocycles. The Morgan fingerprint density at radius 1 is 1.62 bits per heavy atom. The minimum absolute atomic E-state index is 0.255. The second kappa shape index (κ2) is 3.72. The molecule has 0 fully saturated rings. The highest BCUT2D eigenvalue weighted by Crippen LogP contribution is 2.18. The molecule has 0 atom stereocenters. The topological polar surface area (TPSA) is 33.1 Å². The van der Waals surface area contributed by atoms with Crippen molar-refractivity contribution >= 4 is 15.9 Å². The maximum atomic E-state index is 13.1. The van der Waals surface area contributed by atoms with Crippen molar-refractivity contribution in [2.75, 3.05) is 0 Å². The van der Waals surface area contributed by atoms with Gasteiger partial charge in [0.25, 0.3) is 0 Å². The fourth-order valence-electron chi connectivity index (χ4n) is 1.05. The van der Waals surface area contributed by atoms with Gasteiger partial charge in [0, 0.05) is 22.7 Å². The standard InChI is InChI=1S/C9H11BrFNO/c1-9(2,13)4-6-3-7(10)5-12-8(6)11/h3,5,13H,4H2,1-2H3. The van der Waals surface area contributed by atoms with Gasteiger partial charge in [-0.3, -0.25) is 0 Å². The Bertz CT molecular complexity index is 309. The van der Waals surface area contributed by atoms with E-state index in [9.17, 15) is 9.50 Å². The summed E-state index contributed by atoms with van der Waals surface area (Å²) in [6.45, 7) is 3.26. The molecular weight excluding hydrogens is 237 g/mol. The van der Waals surface area contributed by atoms with Crippen LogP contribution in [0.5, 0.6) is 0 Å². The predicted octanol–water partition coefficient (Wildman–Crippen LogP) is 2.30. The number of aliphatic hydroxyl groups is 1. The molecule has 72 valence electrons. The second-order valence-corrected chi connectivity index (χ2v) is 4.51. The van der Waals surface area contributed by atoms with Gasteiger partial charge in [0.15, 0.2) is 0 Å². The Kier molecular flexibility index (Phi) is 3.03. The molecule has 0 aliphatic heterocycles. The number of rotatable bonds is 2. The summed E-state index contributed by atoms with van der Waals surface area (Å²) in [7, 11) is 0. The molecule has 0 aromatic carbocycles. The third-order valence-corrected chi connectivity index (χ3v) is 1.94. The first-order valence-electron chi connectivity index (χ1n) is 3.91. The molecule has 1 N–H and O–H groups in total. The summed E-state index contributed by atoms with van der Waals surface area (Å²) in [5, 5.41) is 9.48. The molecule has 0 bridgehead atoms. The third-order valence-electron chi connectivity index (χ3n) is 1.50. The van der Waals surface area contributed by atoms with Crippen LogP contribution in [-0.4, -0.2) is 15.7 Å². The van der Waals surface area contributed by atoms with Gasteiger partial charge < -0.3 is 5.11 Å². The Hall–Kier alpha value is -0.480. The predicted molar refractivity (Wildman–Crippen MR) is 51.9 cm³/mol.